The summed E-state index contributed by atoms with van der Waals surface area (Å²) in [6, 6.07) is 5.75. The quantitative estimate of drug-likeness (QED) is 0.550. The van der Waals surface area contributed by atoms with Gasteiger partial charge in [-0.25, -0.2) is 13.8 Å². The molecular formula is C20H17F2N5O3. The molecule has 0 fully saturated rings. The van der Waals surface area contributed by atoms with Gasteiger partial charge in [0.05, 0.1) is 17.4 Å². The van der Waals surface area contributed by atoms with E-state index in [0.717, 1.165) is 5.69 Å². The molecule has 4 aromatic rings. The van der Waals surface area contributed by atoms with Crippen LogP contribution in [0.15, 0.2) is 39.4 Å². The number of amides is 1. The molecule has 1 aliphatic rings. The van der Waals surface area contributed by atoms with Gasteiger partial charge in [0, 0.05) is 18.7 Å². The number of fused-ring (bicyclic) bond motifs is 2. The van der Waals surface area contributed by atoms with Crippen molar-refractivity contribution in [3.05, 3.63) is 65.3 Å². The van der Waals surface area contributed by atoms with E-state index in [2.05, 4.69) is 20.2 Å². The van der Waals surface area contributed by atoms with Gasteiger partial charge in [-0.3, -0.25) is 4.79 Å². The number of nitrogens with zero attached hydrogens (tertiary/aromatic N) is 4. The number of para-hydroxylation sites is 1. The van der Waals surface area contributed by atoms with E-state index < -0.39 is 23.4 Å². The van der Waals surface area contributed by atoms with Crippen molar-refractivity contribution >= 4 is 16.9 Å². The molecule has 1 aliphatic heterocycles. The zero-order valence-electron chi connectivity index (χ0n) is 16.1. The fourth-order valence-electron chi connectivity index (χ4n) is 3.64. The topological polar surface area (TPSA) is 101 Å². The number of carbonyl (C=O) groups excluding carboxylic acids is 1. The number of halogens is 2. The van der Waals surface area contributed by atoms with E-state index in [1.807, 2.05) is 0 Å². The molecule has 1 amide bonds. The molecule has 0 bridgehead atoms. The number of benzene rings is 1. The molecule has 1 atom stereocenters. The van der Waals surface area contributed by atoms with Crippen LogP contribution < -0.4 is 0 Å². The highest BCUT2D eigenvalue weighted by atomic mass is 19.1. The SMILES string of the molecule is CC(C)(F)c1nnc(C(=O)N2CCc3[nH]cnc3[C@H]2c2oc3ccccc3c2F)o1. The first kappa shape index (κ1) is 18.5. The summed E-state index contributed by atoms with van der Waals surface area (Å²) in [6.45, 7) is 2.72. The summed E-state index contributed by atoms with van der Waals surface area (Å²) in [5, 5.41) is 7.63. The molecule has 1 aromatic carbocycles. The van der Waals surface area contributed by atoms with Gasteiger partial charge in [0.2, 0.25) is 0 Å². The molecule has 0 saturated carbocycles. The normalized spacial score (nSPS) is 16.8. The highest BCUT2D eigenvalue weighted by molar-refractivity contribution is 5.90. The monoisotopic (exact) mass is 413 g/mol. The van der Waals surface area contributed by atoms with Crippen LogP contribution in [0.2, 0.25) is 0 Å². The Morgan fingerprint density at radius 2 is 2.07 bits per heavy atom. The Labute approximate surface area is 168 Å². The number of furan rings is 1. The van der Waals surface area contributed by atoms with E-state index in [1.165, 1.54) is 25.1 Å². The Bertz CT molecular complexity index is 1250. The highest BCUT2D eigenvalue weighted by Gasteiger charge is 2.41. The number of alkyl halides is 1. The van der Waals surface area contributed by atoms with Gasteiger partial charge in [0.15, 0.2) is 17.2 Å². The van der Waals surface area contributed by atoms with Crippen LogP contribution in [0.3, 0.4) is 0 Å². The molecule has 1 N–H and O–H groups in total. The van der Waals surface area contributed by atoms with Crippen LogP contribution in [0.1, 0.15) is 53.6 Å². The van der Waals surface area contributed by atoms with Gasteiger partial charge >= 0.3 is 11.8 Å². The number of hydrogen-bond donors (Lipinski definition) is 1. The molecule has 0 spiro atoms. The summed E-state index contributed by atoms with van der Waals surface area (Å²) >= 11 is 0. The standard InChI is InChI=1S/C20H17F2N5O3/c1-20(2,22)19-26-25-17(30-19)18(28)27-8-7-11-14(24-9-23-11)15(27)16-13(21)10-5-3-4-6-12(10)29-16/h3-6,9,15H,7-8H2,1-2H3,(H,23,24)/t15-/m0/s1. The summed E-state index contributed by atoms with van der Waals surface area (Å²) in [5.74, 6) is -1.95. The second kappa shape index (κ2) is 6.48. The number of imidazole rings is 1. The van der Waals surface area contributed by atoms with Crippen molar-refractivity contribution in [3.63, 3.8) is 0 Å². The Morgan fingerprint density at radius 1 is 1.27 bits per heavy atom. The number of nitrogens with one attached hydrogen (secondary N) is 1. The largest absolute Gasteiger partial charge is 0.455 e. The summed E-state index contributed by atoms with van der Waals surface area (Å²) < 4.78 is 40.4. The van der Waals surface area contributed by atoms with Crippen molar-refractivity contribution in [1.29, 1.82) is 0 Å². The van der Waals surface area contributed by atoms with Crippen LogP contribution >= 0.6 is 0 Å². The fourth-order valence-corrected chi connectivity index (χ4v) is 3.64. The summed E-state index contributed by atoms with van der Waals surface area (Å²) in [7, 11) is 0. The van der Waals surface area contributed by atoms with E-state index >= 15 is 4.39 Å². The molecule has 10 heteroatoms. The minimum absolute atomic E-state index is 0.0387. The first-order valence-corrected chi connectivity index (χ1v) is 9.37. The van der Waals surface area contributed by atoms with Crippen LogP contribution in [-0.2, 0) is 12.1 Å². The van der Waals surface area contributed by atoms with E-state index in [-0.39, 0.29) is 24.1 Å². The van der Waals surface area contributed by atoms with Crippen LogP contribution in [0.5, 0.6) is 0 Å². The fraction of sp³-hybridized carbons (Fsp3) is 0.300. The van der Waals surface area contributed by atoms with Gasteiger partial charge in [-0.1, -0.05) is 12.1 Å². The molecule has 0 aliphatic carbocycles. The van der Waals surface area contributed by atoms with Gasteiger partial charge in [-0.15, -0.1) is 10.2 Å². The van der Waals surface area contributed by atoms with E-state index in [0.29, 0.717) is 23.1 Å². The van der Waals surface area contributed by atoms with E-state index in [9.17, 15) is 9.18 Å². The number of hydrogen-bond acceptors (Lipinski definition) is 6. The van der Waals surface area contributed by atoms with Crippen molar-refractivity contribution in [1.82, 2.24) is 25.1 Å². The van der Waals surface area contributed by atoms with Crippen molar-refractivity contribution < 1.29 is 22.4 Å². The van der Waals surface area contributed by atoms with E-state index in [4.69, 9.17) is 8.83 Å². The number of rotatable bonds is 3. The van der Waals surface area contributed by atoms with Gasteiger partial charge < -0.3 is 18.7 Å². The van der Waals surface area contributed by atoms with Gasteiger partial charge in [0.1, 0.15) is 11.6 Å². The number of aromatic nitrogens is 4. The third-order valence-electron chi connectivity index (χ3n) is 5.11. The van der Waals surface area contributed by atoms with Gasteiger partial charge in [0.25, 0.3) is 5.89 Å². The first-order valence-electron chi connectivity index (χ1n) is 9.37. The summed E-state index contributed by atoms with van der Waals surface area (Å²) in [6.07, 6.45) is 1.96. The second-order valence-corrected chi connectivity index (χ2v) is 7.58. The zero-order chi connectivity index (χ0) is 21.0. The van der Waals surface area contributed by atoms with Crippen LogP contribution in [0, 0.1) is 5.82 Å². The van der Waals surface area contributed by atoms with Crippen molar-refractivity contribution in [3.8, 4) is 0 Å². The maximum Gasteiger partial charge on any atom is 0.312 e. The van der Waals surface area contributed by atoms with Gasteiger partial charge in [-0.05, 0) is 26.0 Å². The molecule has 154 valence electrons. The highest BCUT2D eigenvalue weighted by Crippen LogP contribution is 2.39. The lowest BCUT2D eigenvalue weighted by atomic mass is 9.99. The average molecular weight is 413 g/mol. The predicted octanol–water partition coefficient (Wildman–Crippen LogP) is 3.67. The molecule has 30 heavy (non-hydrogen) atoms. The Kier molecular flexibility index (Phi) is 3.99. The maximum atomic E-state index is 15.2. The molecule has 0 saturated heterocycles. The Morgan fingerprint density at radius 3 is 2.80 bits per heavy atom. The molecule has 8 nitrogen and oxygen atoms in total. The number of carbonyl (C=O) groups is 1. The average Bonchev–Trinajstić information content (AvgIpc) is 3.45. The van der Waals surface area contributed by atoms with Gasteiger partial charge in [-0.2, -0.15) is 0 Å². The first-order chi connectivity index (χ1) is 14.3. The number of aromatic amines is 1. The lowest BCUT2D eigenvalue weighted by Crippen LogP contribution is -2.41. The van der Waals surface area contributed by atoms with E-state index in [1.54, 1.807) is 24.3 Å². The lowest BCUT2D eigenvalue weighted by Gasteiger charge is -2.32. The molecule has 4 heterocycles. The van der Waals surface area contributed by atoms with Crippen molar-refractivity contribution in [2.75, 3.05) is 6.54 Å². The summed E-state index contributed by atoms with van der Waals surface area (Å²) in [5.41, 5.74) is -0.287. The molecule has 3 aromatic heterocycles. The zero-order valence-corrected chi connectivity index (χ0v) is 16.1. The predicted molar refractivity (Wildman–Crippen MR) is 99.8 cm³/mol. The minimum Gasteiger partial charge on any atom is -0.455 e. The third kappa shape index (κ3) is 2.78. The molecular weight excluding hydrogens is 396 g/mol. The van der Waals surface area contributed by atoms with Crippen LogP contribution in [0.4, 0.5) is 8.78 Å². The Hall–Kier alpha value is -3.56. The van der Waals surface area contributed by atoms with Crippen LogP contribution in [-0.4, -0.2) is 37.5 Å². The van der Waals surface area contributed by atoms with Crippen LogP contribution in [0.25, 0.3) is 11.0 Å². The maximum absolute atomic E-state index is 15.2. The smallest absolute Gasteiger partial charge is 0.312 e. The number of H-pyrrole nitrogens is 1. The second-order valence-electron chi connectivity index (χ2n) is 7.58. The molecule has 0 unspecified atom stereocenters. The third-order valence-corrected chi connectivity index (χ3v) is 5.11. The minimum atomic E-state index is -1.90. The van der Waals surface area contributed by atoms with Crippen molar-refractivity contribution in [2.45, 2.75) is 32.0 Å². The molecule has 0 radical (unpaired) electrons. The Balaban J connectivity index is 1.61. The lowest BCUT2D eigenvalue weighted by molar-refractivity contribution is 0.0618. The molecule has 5 rings (SSSR count). The summed E-state index contributed by atoms with van der Waals surface area (Å²) in [4.78, 5) is 21.9. The van der Waals surface area contributed by atoms with Crippen molar-refractivity contribution in [2.24, 2.45) is 0 Å².